The maximum Gasteiger partial charge on any atom is 0.164 e. The Hall–Kier alpha value is -13.9. The Balaban J connectivity index is 0.000000135. The molecule has 7 nitrogen and oxygen atoms in total. The number of aromatic nitrogens is 6. The number of fused-ring (bicyclic) bond motifs is 21. The molecule has 1 aliphatic carbocycles. The minimum Gasteiger partial charge on any atom is -0.456 e. The molecule has 109 heavy (non-hydrogen) atoms. The lowest BCUT2D eigenvalue weighted by molar-refractivity contribution is 0.661. The van der Waals surface area contributed by atoms with Gasteiger partial charge in [-0.25, -0.2) is 29.9 Å². The fourth-order valence-electron chi connectivity index (χ4n) is 17.1. The number of hydrogen-bond donors (Lipinski definition) is 0. The van der Waals surface area contributed by atoms with Gasteiger partial charge in [0.05, 0.1) is 0 Å². The number of thiophene rings is 1. The molecule has 22 aromatic rings. The fraction of sp³-hybridized carbons (Fsp3) is 0.0297. The Morgan fingerprint density at radius 3 is 1.39 bits per heavy atom. The Morgan fingerprint density at radius 1 is 0.220 bits per heavy atom. The van der Waals surface area contributed by atoms with E-state index in [9.17, 15) is 0 Å². The zero-order chi connectivity index (χ0) is 72.0. The molecule has 0 unspecified atom stereocenters. The molecule has 0 spiro atoms. The van der Waals surface area contributed by atoms with Crippen molar-refractivity contribution in [1.29, 1.82) is 0 Å². The summed E-state index contributed by atoms with van der Waals surface area (Å²) in [5.74, 6) is 3.93. The van der Waals surface area contributed by atoms with E-state index in [-0.39, 0.29) is 5.41 Å². The molecular weight excluding hydrogens is 1350 g/mol. The van der Waals surface area contributed by atoms with Gasteiger partial charge in [0.2, 0.25) is 0 Å². The number of furan rings is 1. The molecule has 508 valence electrons. The van der Waals surface area contributed by atoms with Gasteiger partial charge in [-0.1, -0.05) is 281 Å². The molecule has 0 saturated carbocycles. The molecule has 0 radical (unpaired) electrons. The van der Waals surface area contributed by atoms with Crippen molar-refractivity contribution in [2.75, 3.05) is 0 Å². The highest BCUT2D eigenvalue weighted by Gasteiger charge is 2.36. The van der Waals surface area contributed by atoms with Crippen LogP contribution < -0.4 is 0 Å². The van der Waals surface area contributed by atoms with Crippen LogP contribution in [0.4, 0.5) is 0 Å². The summed E-state index contributed by atoms with van der Waals surface area (Å²) >= 11 is 1.81. The molecular formula is C101H62N6OS. The van der Waals surface area contributed by atoms with E-state index in [2.05, 4.69) is 281 Å². The number of hydrogen-bond acceptors (Lipinski definition) is 8. The van der Waals surface area contributed by atoms with E-state index in [1.165, 1.54) is 107 Å². The van der Waals surface area contributed by atoms with E-state index in [1.807, 2.05) is 84.1 Å². The Bertz CT molecular complexity index is 7530. The van der Waals surface area contributed by atoms with Crippen molar-refractivity contribution in [1.82, 2.24) is 29.9 Å². The third kappa shape index (κ3) is 10.3. The molecule has 0 aliphatic heterocycles. The monoisotopic (exact) mass is 1410 g/mol. The van der Waals surface area contributed by atoms with Gasteiger partial charge in [-0.05, 0) is 192 Å². The lowest BCUT2D eigenvalue weighted by Crippen LogP contribution is -2.14. The smallest absolute Gasteiger partial charge is 0.164 e. The molecule has 0 saturated heterocycles. The van der Waals surface area contributed by atoms with Crippen molar-refractivity contribution < 1.29 is 4.42 Å². The molecule has 23 rings (SSSR count). The number of benzene rings is 18. The van der Waals surface area contributed by atoms with Gasteiger partial charge in [0.1, 0.15) is 11.2 Å². The maximum atomic E-state index is 6.33. The summed E-state index contributed by atoms with van der Waals surface area (Å²) in [6, 6.07) is 121. The van der Waals surface area contributed by atoms with Crippen molar-refractivity contribution in [3.05, 3.63) is 351 Å². The van der Waals surface area contributed by atoms with Crippen LogP contribution in [0.15, 0.2) is 344 Å². The minimum atomic E-state index is -0.0418. The van der Waals surface area contributed by atoms with Crippen LogP contribution in [-0.2, 0) is 5.41 Å². The zero-order valence-electron chi connectivity index (χ0n) is 59.3. The SMILES string of the molecule is CC1(C)c2ccccc2-c2cc3c(ccc4ccc5cc(-c6nc(-c7ccc8ccccc8c7)nc(-c7cccc8sc9ccccc9c78)n6)ccc5c43)cc21.c1ccc(-c2nc(-c3ccccc3)nc(-c3cc(-c4ccc5c(ccc6ccc7cc8c(cc7c65)oc5ccccc58)c4)cc4ccccc34)n2)cc1. The van der Waals surface area contributed by atoms with Crippen LogP contribution in [-0.4, -0.2) is 29.9 Å². The second kappa shape index (κ2) is 24.6. The van der Waals surface area contributed by atoms with Gasteiger partial charge in [0.15, 0.2) is 34.9 Å². The number of nitrogens with zero attached hydrogens (tertiary/aromatic N) is 6. The first-order chi connectivity index (χ1) is 53.7. The van der Waals surface area contributed by atoms with Crippen molar-refractivity contribution in [2.45, 2.75) is 19.3 Å². The second-order valence-electron chi connectivity index (χ2n) is 29.2. The van der Waals surface area contributed by atoms with Crippen LogP contribution in [0.3, 0.4) is 0 Å². The third-order valence-corrected chi connectivity index (χ3v) is 23.6. The molecule has 0 amide bonds. The van der Waals surface area contributed by atoms with E-state index in [0.29, 0.717) is 34.9 Å². The highest BCUT2D eigenvalue weighted by atomic mass is 32.1. The first kappa shape index (κ1) is 62.5. The Labute approximate surface area is 630 Å². The van der Waals surface area contributed by atoms with Gasteiger partial charge >= 0.3 is 0 Å². The highest BCUT2D eigenvalue weighted by molar-refractivity contribution is 7.26. The van der Waals surface area contributed by atoms with Crippen LogP contribution >= 0.6 is 11.3 Å². The largest absolute Gasteiger partial charge is 0.456 e. The number of rotatable bonds is 7. The average molecular weight is 1410 g/mol. The summed E-state index contributed by atoms with van der Waals surface area (Å²) in [6.45, 7) is 4.70. The third-order valence-electron chi connectivity index (χ3n) is 22.5. The standard InChI is InChI=1S/C52H33N3S.C49H29N3O/c1-52(2)43-15-7-5-12-38(43)42-29-41-34(28-44(42)52)22-20-31-19-21-33-27-36(24-25-37(33)47(31)41)50-53-49(35-23-18-30-10-3-4-11-32(30)26-35)54-51(55-50)40-14-9-17-46-48(40)39-13-6-8-16-45(39)56-46;1-3-11-31(12-4-1)47-50-48(32-13-5-2-6-14-32)52-49(51-47)43-28-37(26-34-15-7-8-16-38(34)43)33-23-24-39-35(25-33)21-19-30-20-22-36-27-42-40-17-9-10-18-44(40)53-45(42)29-41(36)46(30)39/h3-29H,1-2H3;1-29H. The Kier molecular flexibility index (Phi) is 14.1. The predicted octanol–water partition coefficient (Wildman–Crippen LogP) is 27.2. The van der Waals surface area contributed by atoms with Gasteiger partial charge in [0, 0.05) is 69.7 Å². The zero-order valence-corrected chi connectivity index (χ0v) is 60.1. The van der Waals surface area contributed by atoms with Crippen LogP contribution in [0.5, 0.6) is 0 Å². The molecule has 18 aromatic carbocycles. The quantitative estimate of drug-likeness (QED) is 0.147. The van der Waals surface area contributed by atoms with Crippen molar-refractivity contribution in [3.63, 3.8) is 0 Å². The van der Waals surface area contributed by atoms with Crippen molar-refractivity contribution >= 4 is 140 Å². The van der Waals surface area contributed by atoms with Gasteiger partial charge in [0.25, 0.3) is 0 Å². The summed E-state index contributed by atoms with van der Waals surface area (Å²) in [7, 11) is 0. The summed E-state index contributed by atoms with van der Waals surface area (Å²) in [6.07, 6.45) is 0. The maximum absolute atomic E-state index is 6.33. The molecule has 4 heterocycles. The molecule has 0 fully saturated rings. The van der Waals surface area contributed by atoms with Crippen LogP contribution in [0.25, 0.3) is 219 Å². The minimum absolute atomic E-state index is 0.0418. The lowest BCUT2D eigenvalue weighted by Gasteiger charge is -2.22. The normalized spacial score (nSPS) is 12.6. The van der Waals surface area contributed by atoms with Crippen molar-refractivity contribution in [2.24, 2.45) is 0 Å². The fourth-order valence-corrected chi connectivity index (χ4v) is 18.3. The van der Waals surface area contributed by atoms with E-state index in [1.54, 1.807) is 0 Å². The topological polar surface area (TPSA) is 90.5 Å². The molecule has 8 heteroatoms. The van der Waals surface area contributed by atoms with Gasteiger partial charge in [-0.15, -0.1) is 11.3 Å². The Morgan fingerprint density at radius 2 is 0.688 bits per heavy atom. The van der Waals surface area contributed by atoms with Gasteiger partial charge in [-0.2, -0.15) is 0 Å². The van der Waals surface area contributed by atoms with E-state index in [4.69, 9.17) is 34.3 Å². The summed E-state index contributed by atoms with van der Waals surface area (Å²) in [5.41, 5.74) is 15.3. The molecule has 0 atom stereocenters. The van der Waals surface area contributed by atoms with E-state index >= 15 is 0 Å². The molecule has 0 N–H and O–H groups in total. The molecule has 0 bridgehead atoms. The summed E-state index contributed by atoms with van der Waals surface area (Å²) in [4.78, 5) is 30.8. The highest BCUT2D eigenvalue weighted by Crippen LogP contribution is 2.51. The molecule has 4 aromatic heterocycles. The number of para-hydroxylation sites is 1. The summed E-state index contributed by atoms with van der Waals surface area (Å²) in [5, 5.41) is 23.9. The van der Waals surface area contributed by atoms with Crippen LogP contribution in [0.1, 0.15) is 25.0 Å². The lowest BCUT2D eigenvalue weighted by atomic mass is 9.81. The first-order valence-electron chi connectivity index (χ1n) is 37.0. The van der Waals surface area contributed by atoms with Crippen LogP contribution in [0.2, 0.25) is 0 Å². The van der Waals surface area contributed by atoms with Gasteiger partial charge < -0.3 is 4.42 Å². The predicted molar refractivity (Wildman–Crippen MR) is 455 cm³/mol. The van der Waals surface area contributed by atoms with E-state index < -0.39 is 0 Å². The van der Waals surface area contributed by atoms with Crippen molar-refractivity contribution in [3.8, 4) is 90.6 Å². The van der Waals surface area contributed by atoms with E-state index in [0.717, 1.165) is 88.0 Å². The molecule has 1 aliphatic rings. The first-order valence-corrected chi connectivity index (χ1v) is 37.8. The summed E-state index contributed by atoms with van der Waals surface area (Å²) < 4.78 is 8.81. The van der Waals surface area contributed by atoms with Crippen LogP contribution in [0, 0.1) is 0 Å². The average Bonchev–Trinajstić information content (AvgIpc) is 1.46. The van der Waals surface area contributed by atoms with Gasteiger partial charge in [-0.3, -0.25) is 0 Å². The second-order valence-corrected chi connectivity index (χ2v) is 30.3.